The van der Waals surface area contributed by atoms with E-state index in [9.17, 15) is 9.59 Å². The average molecular weight is 432 g/mol. The highest BCUT2D eigenvalue weighted by Crippen LogP contribution is 2.37. The van der Waals surface area contributed by atoms with Crippen molar-refractivity contribution >= 4 is 11.8 Å². The summed E-state index contributed by atoms with van der Waals surface area (Å²) in [5.74, 6) is 0.730. The fourth-order valence-electron chi connectivity index (χ4n) is 4.99. The highest BCUT2D eigenvalue weighted by Gasteiger charge is 2.42. The number of nitrogens with zero attached hydrogens (tertiary/aromatic N) is 2. The highest BCUT2D eigenvalue weighted by atomic mass is 16.2. The van der Waals surface area contributed by atoms with Crippen molar-refractivity contribution in [2.75, 3.05) is 19.6 Å². The molecule has 0 bridgehead atoms. The summed E-state index contributed by atoms with van der Waals surface area (Å²) in [6.07, 6.45) is 12.8. The van der Waals surface area contributed by atoms with Crippen molar-refractivity contribution in [2.45, 2.75) is 45.4 Å². The van der Waals surface area contributed by atoms with Crippen molar-refractivity contribution in [3.63, 3.8) is 0 Å². The Morgan fingerprint density at radius 1 is 1.06 bits per heavy atom. The quantitative estimate of drug-likeness (QED) is 0.661. The molecule has 0 spiro atoms. The number of aromatic nitrogens is 1. The van der Waals surface area contributed by atoms with Crippen LogP contribution in [0.4, 0.5) is 0 Å². The van der Waals surface area contributed by atoms with Crippen LogP contribution in [-0.4, -0.2) is 41.3 Å². The van der Waals surface area contributed by atoms with Crippen molar-refractivity contribution in [3.8, 4) is 11.1 Å². The molecule has 0 saturated carbocycles. The number of rotatable bonds is 7. The first kappa shape index (κ1) is 22.3. The molecule has 1 aliphatic heterocycles. The van der Waals surface area contributed by atoms with Gasteiger partial charge in [0.1, 0.15) is 0 Å². The number of piperidine rings is 1. The van der Waals surface area contributed by atoms with E-state index in [1.807, 2.05) is 24.0 Å². The van der Waals surface area contributed by atoms with Gasteiger partial charge in [-0.2, -0.15) is 0 Å². The van der Waals surface area contributed by atoms with Crippen molar-refractivity contribution < 1.29 is 9.59 Å². The van der Waals surface area contributed by atoms with Crippen LogP contribution in [0.2, 0.25) is 0 Å². The molecule has 2 heterocycles. The Balaban J connectivity index is 1.44. The zero-order valence-corrected chi connectivity index (χ0v) is 18.9. The van der Waals surface area contributed by atoms with E-state index in [2.05, 4.69) is 46.7 Å². The molecule has 168 valence electrons. The molecule has 0 unspecified atom stereocenters. The summed E-state index contributed by atoms with van der Waals surface area (Å²) in [6.45, 7) is 3.89. The number of allylic oxidation sites excluding steroid dienone is 2. The fraction of sp³-hybridized carbons (Fsp3) is 0.444. The van der Waals surface area contributed by atoms with E-state index in [4.69, 9.17) is 0 Å². The van der Waals surface area contributed by atoms with Crippen LogP contribution >= 0.6 is 0 Å². The smallest absolute Gasteiger partial charge is 0.226 e. The van der Waals surface area contributed by atoms with Crippen LogP contribution in [0.5, 0.6) is 0 Å². The third kappa shape index (κ3) is 5.09. The molecule has 1 saturated heterocycles. The predicted molar refractivity (Wildman–Crippen MR) is 127 cm³/mol. The molecule has 2 aromatic rings. The molecule has 32 heavy (non-hydrogen) atoms. The van der Waals surface area contributed by atoms with Crippen LogP contribution in [0.3, 0.4) is 0 Å². The number of hydrogen-bond acceptors (Lipinski definition) is 3. The lowest BCUT2D eigenvalue weighted by Gasteiger charge is -2.41. The number of carbonyl (C=O) groups is 2. The maximum Gasteiger partial charge on any atom is 0.226 e. The highest BCUT2D eigenvalue weighted by molar-refractivity contribution is 5.84. The minimum Gasteiger partial charge on any atom is -0.356 e. The maximum absolute atomic E-state index is 13.1. The fourth-order valence-corrected chi connectivity index (χ4v) is 4.99. The van der Waals surface area contributed by atoms with E-state index in [-0.39, 0.29) is 11.8 Å². The van der Waals surface area contributed by atoms with Gasteiger partial charge in [-0.15, -0.1) is 0 Å². The molecule has 4 rings (SSSR count). The summed E-state index contributed by atoms with van der Waals surface area (Å²) in [7, 11) is 0. The second-order valence-corrected chi connectivity index (χ2v) is 9.10. The summed E-state index contributed by atoms with van der Waals surface area (Å²) in [5.41, 5.74) is 2.97. The van der Waals surface area contributed by atoms with Crippen molar-refractivity contribution in [3.05, 3.63) is 66.5 Å². The first-order valence-corrected chi connectivity index (χ1v) is 11.8. The van der Waals surface area contributed by atoms with Crippen LogP contribution < -0.4 is 5.32 Å². The molecule has 2 amide bonds. The Hall–Kier alpha value is -2.95. The first-order valence-electron chi connectivity index (χ1n) is 11.8. The van der Waals surface area contributed by atoms with Crippen LogP contribution in [0.1, 0.15) is 44.6 Å². The molecule has 1 N–H and O–H groups in total. The number of nitrogens with one attached hydrogen (secondary N) is 1. The Labute approximate surface area is 190 Å². The van der Waals surface area contributed by atoms with E-state index in [1.165, 1.54) is 0 Å². The van der Waals surface area contributed by atoms with Crippen LogP contribution in [0, 0.1) is 11.3 Å². The Bertz CT molecular complexity index is 945. The van der Waals surface area contributed by atoms with Gasteiger partial charge in [0, 0.05) is 38.4 Å². The van der Waals surface area contributed by atoms with E-state index >= 15 is 0 Å². The summed E-state index contributed by atoms with van der Waals surface area (Å²) >= 11 is 0. The molecule has 1 aliphatic carbocycles. The summed E-state index contributed by atoms with van der Waals surface area (Å²) in [4.78, 5) is 32.0. The number of likely N-dealkylation sites (tertiary alicyclic amines) is 1. The molecule has 1 fully saturated rings. The van der Waals surface area contributed by atoms with Gasteiger partial charge in [0.2, 0.25) is 11.8 Å². The van der Waals surface area contributed by atoms with Crippen LogP contribution in [0.15, 0.2) is 60.9 Å². The van der Waals surface area contributed by atoms with Gasteiger partial charge in [-0.3, -0.25) is 14.6 Å². The lowest BCUT2D eigenvalue weighted by Crippen LogP contribution is -2.51. The number of carbonyl (C=O) groups excluding carboxylic acids is 2. The third-order valence-corrected chi connectivity index (χ3v) is 6.95. The summed E-state index contributed by atoms with van der Waals surface area (Å²) in [5, 5.41) is 3.06. The van der Waals surface area contributed by atoms with Crippen LogP contribution in [0.25, 0.3) is 11.1 Å². The molecular formula is C27H33N3O2. The van der Waals surface area contributed by atoms with E-state index in [0.717, 1.165) is 29.5 Å². The second-order valence-electron chi connectivity index (χ2n) is 9.10. The average Bonchev–Trinajstić information content (AvgIpc) is 3.34. The molecule has 1 aromatic carbocycles. The van der Waals surface area contributed by atoms with Gasteiger partial charge >= 0.3 is 0 Å². The van der Waals surface area contributed by atoms with Gasteiger partial charge in [0.05, 0.1) is 5.41 Å². The summed E-state index contributed by atoms with van der Waals surface area (Å²) in [6, 6.07) is 12.5. The zero-order chi connectivity index (χ0) is 22.4. The molecule has 0 radical (unpaired) electrons. The molecular weight excluding hydrogens is 398 g/mol. The molecule has 1 aromatic heterocycles. The first-order chi connectivity index (χ1) is 15.6. The monoisotopic (exact) mass is 431 g/mol. The number of amides is 2. The zero-order valence-electron chi connectivity index (χ0n) is 18.9. The lowest BCUT2D eigenvalue weighted by molar-refractivity contribution is -0.141. The standard InChI is InChI=1S/C27H33N3O2/c1-2-29-26(32)27(13-17-30(18-14-27)25(31)19-21-5-3-4-6-21)20-22-7-9-23(10-8-22)24-11-15-28-16-12-24/h3,5,7-12,15-16,21H,2,4,6,13-14,17-20H2,1H3,(H,29,32)/t21-/m0/s1. The number of benzene rings is 1. The Morgan fingerprint density at radius 3 is 2.38 bits per heavy atom. The predicted octanol–water partition coefficient (Wildman–Crippen LogP) is 4.39. The number of pyridine rings is 1. The topological polar surface area (TPSA) is 62.3 Å². The lowest BCUT2D eigenvalue weighted by atomic mass is 9.72. The Kier molecular flexibility index (Phi) is 7.03. The largest absolute Gasteiger partial charge is 0.356 e. The molecule has 1 atom stereocenters. The molecule has 2 aliphatic rings. The van der Waals surface area contributed by atoms with E-state index in [0.29, 0.717) is 51.2 Å². The van der Waals surface area contributed by atoms with Crippen molar-refractivity contribution in [1.29, 1.82) is 0 Å². The van der Waals surface area contributed by atoms with Crippen molar-refractivity contribution in [1.82, 2.24) is 15.2 Å². The van der Waals surface area contributed by atoms with E-state index in [1.54, 1.807) is 12.4 Å². The van der Waals surface area contributed by atoms with Crippen LogP contribution in [-0.2, 0) is 16.0 Å². The molecule has 5 nitrogen and oxygen atoms in total. The minimum atomic E-state index is -0.460. The van der Waals surface area contributed by atoms with Gasteiger partial charge in [-0.1, -0.05) is 36.4 Å². The van der Waals surface area contributed by atoms with Gasteiger partial charge < -0.3 is 10.2 Å². The van der Waals surface area contributed by atoms with Gasteiger partial charge in [-0.25, -0.2) is 0 Å². The van der Waals surface area contributed by atoms with E-state index < -0.39 is 5.41 Å². The summed E-state index contributed by atoms with van der Waals surface area (Å²) < 4.78 is 0. The van der Waals surface area contributed by atoms with Crippen molar-refractivity contribution in [2.24, 2.45) is 11.3 Å². The Morgan fingerprint density at radius 2 is 1.75 bits per heavy atom. The normalized spacial score (nSPS) is 19.7. The SMILES string of the molecule is CCNC(=O)C1(Cc2ccc(-c3ccncc3)cc2)CCN(C(=O)C[C@H]2C=CCC2)CC1. The van der Waals surface area contributed by atoms with Gasteiger partial charge in [0.15, 0.2) is 0 Å². The molecule has 5 heteroatoms. The third-order valence-electron chi connectivity index (χ3n) is 6.95. The number of hydrogen-bond donors (Lipinski definition) is 1. The maximum atomic E-state index is 13.1. The van der Waals surface area contributed by atoms with Gasteiger partial charge in [0.25, 0.3) is 0 Å². The minimum absolute atomic E-state index is 0.115. The second kappa shape index (κ2) is 10.1. The van der Waals surface area contributed by atoms with Gasteiger partial charge in [-0.05, 0) is 73.8 Å².